The number of anilines is 1. The minimum Gasteiger partial charge on any atom is -0.478 e. The highest BCUT2D eigenvalue weighted by Gasteiger charge is 2.21. The van der Waals surface area contributed by atoms with Crippen LogP contribution in [-0.2, 0) is 4.79 Å². The predicted octanol–water partition coefficient (Wildman–Crippen LogP) is 3.97. The summed E-state index contributed by atoms with van der Waals surface area (Å²) < 4.78 is 0. The molecule has 0 spiro atoms. The van der Waals surface area contributed by atoms with Crippen LogP contribution in [-0.4, -0.2) is 17.0 Å². The molecular formula is C15H21NO3S. The number of rotatable bonds is 5. The van der Waals surface area contributed by atoms with Crippen LogP contribution in [0.4, 0.5) is 5.00 Å². The molecule has 1 aromatic heterocycles. The van der Waals surface area contributed by atoms with Crippen molar-refractivity contribution < 1.29 is 14.7 Å². The average molecular weight is 295 g/mol. The van der Waals surface area contributed by atoms with Crippen molar-refractivity contribution >= 4 is 28.2 Å². The summed E-state index contributed by atoms with van der Waals surface area (Å²) in [5, 5.41) is 12.5. The maximum Gasteiger partial charge on any atom is 0.338 e. The zero-order chi connectivity index (χ0) is 14.7. The van der Waals surface area contributed by atoms with E-state index in [1.807, 2.05) is 6.92 Å². The molecular weight excluding hydrogens is 274 g/mol. The summed E-state index contributed by atoms with van der Waals surface area (Å²) >= 11 is 1.34. The van der Waals surface area contributed by atoms with Crippen molar-refractivity contribution in [2.24, 2.45) is 5.92 Å². The molecule has 1 fully saturated rings. The van der Waals surface area contributed by atoms with Crippen molar-refractivity contribution in [1.29, 1.82) is 0 Å². The van der Waals surface area contributed by atoms with Gasteiger partial charge in [0.15, 0.2) is 0 Å². The van der Waals surface area contributed by atoms with E-state index in [0.717, 1.165) is 16.9 Å². The number of thiophene rings is 1. The average Bonchev–Trinajstić information content (AvgIpc) is 2.96. The number of carboxylic acids is 1. The second kappa shape index (κ2) is 6.39. The fourth-order valence-electron chi connectivity index (χ4n) is 2.80. The first kappa shape index (κ1) is 15.0. The number of amides is 1. The van der Waals surface area contributed by atoms with E-state index in [1.54, 1.807) is 6.92 Å². The van der Waals surface area contributed by atoms with Gasteiger partial charge in [0.1, 0.15) is 5.00 Å². The molecule has 0 radical (unpaired) electrons. The Morgan fingerprint density at radius 3 is 2.55 bits per heavy atom. The molecule has 1 aromatic rings. The summed E-state index contributed by atoms with van der Waals surface area (Å²) in [4.78, 5) is 24.2. The molecule has 2 N–H and O–H groups in total. The van der Waals surface area contributed by atoms with E-state index in [-0.39, 0.29) is 11.5 Å². The lowest BCUT2D eigenvalue weighted by atomic mass is 10.0. The third-order valence-electron chi connectivity index (χ3n) is 4.11. The highest BCUT2D eigenvalue weighted by Crippen LogP contribution is 2.33. The molecule has 0 bridgehead atoms. The number of nitrogens with one attached hydrogen (secondary N) is 1. The quantitative estimate of drug-likeness (QED) is 0.863. The summed E-state index contributed by atoms with van der Waals surface area (Å²) in [5.41, 5.74) is 0.982. The van der Waals surface area contributed by atoms with E-state index < -0.39 is 5.97 Å². The molecule has 0 unspecified atom stereocenters. The van der Waals surface area contributed by atoms with Crippen molar-refractivity contribution in [1.82, 2.24) is 0 Å². The van der Waals surface area contributed by atoms with E-state index in [1.165, 1.54) is 37.0 Å². The molecule has 1 aliphatic carbocycles. The molecule has 1 heterocycles. The van der Waals surface area contributed by atoms with Crippen molar-refractivity contribution in [3.63, 3.8) is 0 Å². The summed E-state index contributed by atoms with van der Waals surface area (Å²) in [6, 6.07) is 0. The number of carbonyl (C=O) groups is 2. The SMILES string of the molecule is Cc1sc(NC(=O)CCC2CCCC2)c(C(=O)O)c1C. The Balaban J connectivity index is 1.96. The fourth-order valence-corrected chi connectivity index (χ4v) is 3.86. The van der Waals surface area contributed by atoms with Crippen LogP contribution in [0.5, 0.6) is 0 Å². The molecule has 4 nitrogen and oxygen atoms in total. The molecule has 0 aromatic carbocycles. The summed E-state index contributed by atoms with van der Waals surface area (Å²) in [6.45, 7) is 3.66. The van der Waals surface area contributed by atoms with Crippen LogP contribution in [0, 0.1) is 19.8 Å². The molecule has 110 valence electrons. The summed E-state index contributed by atoms with van der Waals surface area (Å²) in [5.74, 6) is -0.370. The van der Waals surface area contributed by atoms with Crippen LogP contribution < -0.4 is 5.32 Å². The topological polar surface area (TPSA) is 66.4 Å². The largest absolute Gasteiger partial charge is 0.478 e. The second-order valence-electron chi connectivity index (χ2n) is 5.53. The maximum absolute atomic E-state index is 12.0. The smallest absolute Gasteiger partial charge is 0.338 e. The van der Waals surface area contributed by atoms with Crippen LogP contribution in [0.1, 0.15) is 59.3 Å². The molecule has 5 heteroatoms. The number of aryl methyl sites for hydroxylation is 1. The van der Waals surface area contributed by atoms with E-state index in [0.29, 0.717) is 17.3 Å². The molecule has 1 amide bonds. The van der Waals surface area contributed by atoms with E-state index in [4.69, 9.17) is 0 Å². The Hall–Kier alpha value is -1.36. The first-order chi connectivity index (χ1) is 9.49. The number of carbonyl (C=O) groups excluding carboxylic acids is 1. The molecule has 0 saturated heterocycles. The molecule has 20 heavy (non-hydrogen) atoms. The predicted molar refractivity (Wildman–Crippen MR) is 80.6 cm³/mol. The van der Waals surface area contributed by atoms with Crippen molar-refractivity contribution in [3.8, 4) is 0 Å². The van der Waals surface area contributed by atoms with E-state index in [2.05, 4.69) is 5.32 Å². The minimum absolute atomic E-state index is 0.0688. The van der Waals surface area contributed by atoms with Crippen LogP contribution in [0.2, 0.25) is 0 Å². The third-order valence-corrected chi connectivity index (χ3v) is 5.23. The Morgan fingerprint density at radius 2 is 1.95 bits per heavy atom. The Labute approximate surface area is 123 Å². The Morgan fingerprint density at radius 1 is 1.30 bits per heavy atom. The molecule has 1 aliphatic rings. The number of aromatic carboxylic acids is 1. The zero-order valence-corrected chi connectivity index (χ0v) is 12.8. The van der Waals surface area contributed by atoms with Gasteiger partial charge in [0, 0.05) is 11.3 Å². The van der Waals surface area contributed by atoms with Gasteiger partial charge in [0.2, 0.25) is 5.91 Å². The van der Waals surface area contributed by atoms with Crippen LogP contribution in [0.15, 0.2) is 0 Å². The Bertz CT molecular complexity index is 515. The van der Waals surface area contributed by atoms with Crippen molar-refractivity contribution in [3.05, 3.63) is 16.0 Å². The number of carboxylic acid groups (broad SMARTS) is 1. The van der Waals surface area contributed by atoms with Gasteiger partial charge in [0.25, 0.3) is 0 Å². The van der Waals surface area contributed by atoms with E-state index >= 15 is 0 Å². The van der Waals surface area contributed by atoms with Gasteiger partial charge in [-0.3, -0.25) is 4.79 Å². The van der Waals surface area contributed by atoms with E-state index in [9.17, 15) is 14.7 Å². The highest BCUT2D eigenvalue weighted by atomic mass is 32.1. The second-order valence-corrected chi connectivity index (χ2v) is 6.75. The summed E-state index contributed by atoms with van der Waals surface area (Å²) in [7, 11) is 0. The normalized spacial score (nSPS) is 15.5. The van der Waals surface area contributed by atoms with Gasteiger partial charge in [-0.25, -0.2) is 4.79 Å². The van der Waals surface area contributed by atoms with Gasteiger partial charge in [-0.2, -0.15) is 0 Å². The molecule has 0 aliphatic heterocycles. The molecule has 0 atom stereocenters. The Kier molecular flexibility index (Phi) is 4.81. The van der Waals surface area contributed by atoms with Crippen LogP contribution >= 0.6 is 11.3 Å². The maximum atomic E-state index is 12.0. The van der Waals surface area contributed by atoms with Gasteiger partial charge in [0.05, 0.1) is 5.56 Å². The number of hydrogen-bond acceptors (Lipinski definition) is 3. The van der Waals surface area contributed by atoms with Crippen LogP contribution in [0.25, 0.3) is 0 Å². The monoisotopic (exact) mass is 295 g/mol. The lowest BCUT2D eigenvalue weighted by Gasteiger charge is -2.08. The van der Waals surface area contributed by atoms with Gasteiger partial charge >= 0.3 is 5.97 Å². The van der Waals surface area contributed by atoms with Crippen molar-refractivity contribution in [2.45, 2.75) is 52.4 Å². The summed E-state index contributed by atoms with van der Waals surface area (Å²) in [6.07, 6.45) is 6.41. The lowest BCUT2D eigenvalue weighted by molar-refractivity contribution is -0.116. The van der Waals surface area contributed by atoms with Crippen LogP contribution in [0.3, 0.4) is 0 Å². The highest BCUT2D eigenvalue weighted by molar-refractivity contribution is 7.16. The van der Waals surface area contributed by atoms with Gasteiger partial charge in [-0.1, -0.05) is 25.7 Å². The van der Waals surface area contributed by atoms with Gasteiger partial charge in [-0.05, 0) is 31.7 Å². The molecule has 2 rings (SSSR count). The first-order valence-electron chi connectivity index (χ1n) is 7.12. The third kappa shape index (κ3) is 3.39. The minimum atomic E-state index is -0.974. The first-order valence-corrected chi connectivity index (χ1v) is 7.93. The van der Waals surface area contributed by atoms with Crippen molar-refractivity contribution in [2.75, 3.05) is 5.32 Å². The van der Waals surface area contributed by atoms with Gasteiger partial charge < -0.3 is 10.4 Å². The zero-order valence-electron chi connectivity index (χ0n) is 12.0. The fraction of sp³-hybridized carbons (Fsp3) is 0.600. The van der Waals surface area contributed by atoms with Gasteiger partial charge in [-0.15, -0.1) is 11.3 Å². The lowest BCUT2D eigenvalue weighted by Crippen LogP contribution is -2.14. The standard InChI is InChI=1S/C15H21NO3S/c1-9-10(2)20-14(13(9)15(18)19)16-12(17)8-7-11-5-3-4-6-11/h11H,3-8H2,1-2H3,(H,16,17)(H,18,19). The number of hydrogen-bond donors (Lipinski definition) is 2. The molecule has 1 saturated carbocycles.